The Morgan fingerprint density at radius 3 is 2.04 bits per heavy atom. The van der Waals surface area contributed by atoms with Gasteiger partial charge in [-0.05, 0) is 35.7 Å². The lowest BCUT2D eigenvalue weighted by Gasteiger charge is -2.52. The van der Waals surface area contributed by atoms with Crippen molar-refractivity contribution in [2.24, 2.45) is 29.4 Å². The van der Waals surface area contributed by atoms with E-state index in [2.05, 4.69) is 0 Å². The van der Waals surface area contributed by atoms with Gasteiger partial charge in [0.25, 0.3) is 0 Å². The first-order valence-electron chi connectivity index (χ1n) is 13.7. The average Bonchev–Trinajstić information content (AvgIpc) is 2.95. The van der Waals surface area contributed by atoms with Crippen molar-refractivity contribution >= 4 is 46.4 Å². The smallest absolute Gasteiger partial charge is 0.416 e. The van der Waals surface area contributed by atoms with Crippen LogP contribution in [0, 0.1) is 23.7 Å². The molecule has 250 valence electrons. The largest absolute Gasteiger partial charge is 0.505 e. The fraction of sp³-hybridized carbons (Fsp3) is 0.379. The predicted octanol–water partition coefficient (Wildman–Crippen LogP) is 2.54. The van der Waals surface area contributed by atoms with Gasteiger partial charge < -0.3 is 31.7 Å². The molecule has 0 heterocycles. The number of aliphatic hydroxyl groups is 2. The second kappa shape index (κ2) is 10.9. The molecule has 0 spiro atoms. The summed E-state index contributed by atoms with van der Waals surface area (Å²) in [5.41, 5.74) is -3.59. The van der Waals surface area contributed by atoms with Gasteiger partial charge in [-0.2, -0.15) is 26.3 Å². The maximum Gasteiger partial charge on any atom is 0.416 e. The molecule has 0 bridgehead atoms. The highest BCUT2D eigenvalue weighted by atomic mass is 19.4. The van der Waals surface area contributed by atoms with Gasteiger partial charge in [0.2, 0.25) is 5.91 Å². The molecule has 0 aromatic heterocycles. The van der Waals surface area contributed by atoms with Gasteiger partial charge in [0, 0.05) is 23.9 Å². The van der Waals surface area contributed by atoms with Gasteiger partial charge in [0.1, 0.15) is 5.75 Å². The highest BCUT2D eigenvalue weighted by Gasteiger charge is 2.70. The molecule has 0 aliphatic heterocycles. The Morgan fingerprint density at radius 2 is 1.51 bits per heavy atom. The molecule has 7 N–H and O–H groups in total. The van der Waals surface area contributed by atoms with Crippen LogP contribution in [0.3, 0.4) is 0 Å². The van der Waals surface area contributed by atoms with Crippen LogP contribution >= 0.6 is 0 Å². The molecule has 3 amide bonds. The number of halogens is 6. The molecule has 5 rings (SSSR count). The molecule has 47 heavy (non-hydrogen) atoms. The Labute approximate surface area is 258 Å². The van der Waals surface area contributed by atoms with E-state index in [1.807, 2.05) is 5.32 Å². The van der Waals surface area contributed by atoms with Crippen molar-refractivity contribution in [1.82, 2.24) is 0 Å². The van der Waals surface area contributed by atoms with Crippen molar-refractivity contribution in [3.63, 3.8) is 0 Å². The summed E-state index contributed by atoms with van der Waals surface area (Å²) < 4.78 is 79.3. The molecule has 12 nitrogen and oxygen atoms in total. The highest BCUT2D eigenvalue weighted by Crippen LogP contribution is 2.54. The van der Waals surface area contributed by atoms with Crippen LogP contribution in [0.25, 0.3) is 0 Å². The third-order valence-electron chi connectivity index (χ3n) is 8.95. The number of Topliss-reactive ketones (excluding diaryl/α,β-unsaturated/α-hetero) is 4. The molecule has 2 saturated carbocycles. The van der Waals surface area contributed by atoms with Crippen molar-refractivity contribution in [2.45, 2.75) is 43.3 Å². The number of aliphatic hydroxyl groups excluding tert-OH is 1. The van der Waals surface area contributed by atoms with Crippen LogP contribution in [0.1, 0.15) is 46.3 Å². The van der Waals surface area contributed by atoms with Gasteiger partial charge in [0.05, 0.1) is 34.4 Å². The van der Waals surface area contributed by atoms with Crippen molar-refractivity contribution in [3.05, 3.63) is 52.6 Å². The number of anilines is 2. The lowest BCUT2D eigenvalue weighted by molar-refractivity contribution is -0.189. The second-order valence-corrected chi connectivity index (χ2v) is 11.6. The summed E-state index contributed by atoms with van der Waals surface area (Å²) in [4.78, 5) is 77.5. The van der Waals surface area contributed by atoms with Crippen molar-refractivity contribution in [1.29, 1.82) is 0 Å². The zero-order valence-electron chi connectivity index (χ0n) is 23.7. The first kappa shape index (κ1) is 33.5. The standard InChI is InChI=1S/C29H23F6N3O9/c1-8-12-2-3-14(38-26(46)37-11-5-9(28(30,31)32)4-10(6-11)29(33,34)35)21(41)17(12)22(42)19-16(8)20(40)13-7-15(39)18(25(36)45)23(43)27(13,47)24(19)44/h2-6,8,13,16,18-20,40-41,47H,7H2,1H3,(H2,36,45)(H2,37,38,46)/t8-,13+,16+,18?,19?,20+,27+/m0/s1. The van der Waals surface area contributed by atoms with Crippen molar-refractivity contribution in [2.75, 3.05) is 10.6 Å². The average molecular weight is 672 g/mol. The minimum Gasteiger partial charge on any atom is -0.505 e. The summed E-state index contributed by atoms with van der Waals surface area (Å²) in [6.07, 6.45) is -13.0. The summed E-state index contributed by atoms with van der Waals surface area (Å²) in [6, 6.07) is 1.07. The number of benzene rings is 2. The highest BCUT2D eigenvalue weighted by molar-refractivity contribution is 6.31. The molecule has 0 radical (unpaired) electrons. The Hall–Kier alpha value is -4.84. The maximum atomic E-state index is 13.8. The molecule has 2 aromatic carbocycles. The topological polar surface area (TPSA) is 213 Å². The number of phenols is 1. The maximum absolute atomic E-state index is 13.8. The zero-order valence-corrected chi connectivity index (χ0v) is 23.7. The number of hydrogen-bond donors (Lipinski definition) is 6. The number of alkyl halides is 6. The van der Waals surface area contributed by atoms with Gasteiger partial charge in [-0.1, -0.05) is 13.0 Å². The number of hydrogen-bond acceptors (Lipinski definition) is 9. The van der Waals surface area contributed by atoms with Crippen LogP contribution in [-0.2, 0) is 31.5 Å². The number of phenolic OH excluding ortho intramolecular Hbond substituents is 1. The summed E-state index contributed by atoms with van der Waals surface area (Å²) in [6.45, 7) is 1.42. The lowest BCUT2D eigenvalue weighted by atomic mass is 9.50. The van der Waals surface area contributed by atoms with Crippen LogP contribution in [0.5, 0.6) is 5.75 Å². The first-order chi connectivity index (χ1) is 21.6. The van der Waals surface area contributed by atoms with Crippen LogP contribution in [0.15, 0.2) is 30.3 Å². The van der Waals surface area contributed by atoms with Gasteiger partial charge in [0.15, 0.2) is 34.7 Å². The number of nitrogens with one attached hydrogen (secondary N) is 2. The minimum atomic E-state index is -5.21. The Morgan fingerprint density at radius 1 is 0.936 bits per heavy atom. The molecule has 0 saturated heterocycles. The van der Waals surface area contributed by atoms with E-state index in [0.717, 1.165) is 6.07 Å². The molecule has 3 aliphatic rings. The number of amides is 3. The Balaban J connectivity index is 1.48. The molecule has 3 aliphatic carbocycles. The van der Waals surface area contributed by atoms with Gasteiger partial charge >= 0.3 is 18.4 Å². The number of carbonyl (C=O) groups is 6. The molecular weight excluding hydrogens is 648 g/mol. The zero-order chi connectivity index (χ0) is 35.1. The van der Waals surface area contributed by atoms with E-state index in [0.29, 0.717) is 0 Å². The predicted molar refractivity (Wildman–Crippen MR) is 144 cm³/mol. The molecule has 7 atom stereocenters. The van der Waals surface area contributed by atoms with Crippen molar-refractivity contribution in [3.8, 4) is 5.75 Å². The Bertz CT molecular complexity index is 1740. The van der Waals surface area contributed by atoms with E-state index in [9.17, 15) is 70.4 Å². The third kappa shape index (κ3) is 5.20. The number of aromatic hydroxyl groups is 1. The fourth-order valence-corrected chi connectivity index (χ4v) is 6.77. The van der Waals surface area contributed by atoms with Crippen molar-refractivity contribution < 1.29 is 70.4 Å². The Kier molecular flexibility index (Phi) is 7.75. The molecular formula is C29H23F6N3O9. The minimum absolute atomic E-state index is 0.0215. The number of urea groups is 1. The van der Waals surface area contributed by atoms with Gasteiger partial charge in [-0.3, -0.25) is 24.0 Å². The normalized spacial score (nSPS) is 29.0. The molecule has 18 heteroatoms. The van der Waals surface area contributed by atoms with Crippen LogP contribution < -0.4 is 16.4 Å². The monoisotopic (exact) mass is 671 g/mol. The molecule has 2 aromatic rings. The number of nitrogens with two attached hydrogens (primary N) is 1. The summed E-state index contributed by atoms with van der Waals surface area (Å²) in [7, 11) is 0. The number of primary amides is 1. The van der Waals surface area contributed by atoms with E-state index in [1.165, 1.54) is 13.0 Å². The van der Waals surface area contributed by atoms with Gasteiger partial charge in [-0.15, -0.1) is 0 Å². The van der Waals surface area contributed by atoms with E-state index >= 15 is 0 Å². The third-order valence-corrected chi connectivity index (χ3v) is 8.95. The summed E-state index contributed by atoms with van der Waals surface area (Å²) >= 11 is 0. The SMILES string of the molecule is C[C@H]1c2ccc(NC(=O)Nc3cc(C(F)(F)F)cc(C(F)(F)F)c3)c(O)c2C(=O)C2C(=O)[C@]3(O)C(=O)C(C(N)=O)C(=O)C[C@@H]3[C@@H](O)[C@@H]21. The first-order valence-corrected chi connectivity index (χ1v) is 13.7. The molecule has 2 unspecified atom stereocenters. The lowest BCUT2D eigenvalue weighted by Crippen LogP contribution is -2.72. The fourth-order valence-electron chi connectivity index (χ4n) is 6.77. The van der Waals surface area contributed by atoms with Crippen LogP contribution in [0.2, 0.25) is 0 Å². The number of rotatable bonds is 3. The van der Waals surface area contributed by atoms with E-state index in [-0.39, 0.29) is 23.8 Å². The van der Waals surface area contributed by atoms with E-state index < -0.39 is 129 Å². The summed E-state index contributed by atoms with van der Waals surface area (Å²) in [5, 5.41) is 37.3. The van der Waals surface area contributed by atoms with Gasteiger partial charge in [-0.25, -0.2) is 4.79 Å². The van der Waals surface area contributed by atoms with E-state index in [4.69, 9.17) is 5.73 Å². The number of carbonyl (C=O) groups excluding carboxylic acids is 6. The van der Waals surface area contributed by atoms with Crippen LogP contribution in [-0.4, -0.2) is 62.1 Å². The summed E-state index contributed by atoms with van der Waals surface area (Å²) in [5.74, 6) is -16.0. The number of fused-ring (bicyclic) bond motifs is 3. The van der Waals surface area contributed by atoms with Crippen LogP contribution in [0.4, 0.5) is 42.5 Å². The second-order valence-electron chi connectivity index (χ2n) is 11.6. The van der Waals surface area contributed by atoms with E-state index in [1.54, 1.807) is 5.32 Å². The number of ketones is 4. The quantitative estimate of drug-likeness (QED) is 0.161. The molecule has 2 fully saturated rings.